The van der Waals surface area contributed by atoms with Crippen molar-refractivity contribution in [2.24, 2.45) is 0 Å². The molecule has 0 saturated carbocycles. The highest BCUT2D eigenvalue weighted by molar-refractivity contribution is 7.07. The first-order valence-corrected chi connectivity index (χ1v) is 9.60. The summed E-state index contributed by atoms with van der Waals surface area (Å²) in [5.41, 5.74) is 1.21. The van der Waals surface area contributed by atoms with Gasteiger partial charge in [0.2, 0.25) is 0 Å². The van der Waals surface area contributed by atoms with Crippen LogP contribution in [0.3, 0.4) is 0 Å². The Bertz CT molecular complexity index is 542. The van der Waals surface area contributed by atoms with E-state index in [1.54, 1.807) is 23.2 Å². The number of ether oxygens (including phenoxy) is 1. The average molecular weight is 369 g/mol. The summed E-state index contributed by atoms with van der Waals surface area (Å²) in [6.07, 6.45) is 1.22. The lowest BCUT2D eigenvalue weighted by atomic mass is 10.1. The van der Waals surface area contributed by atoms with E-state index in [-0.39, 0.29) is 24.2 Å². The zero-order chi connectivity index (χ0) is 18.2. The molecule has 25 heavy (non-hydrogen) atoms. The summed E-state index contributed by atoms with van der Waals surface area (Å²) in [6, 6.07) is 2.17. The molecule has 2 rings (SSSR count). The average Bonchev–Trinajstić information content (AvgIpc) is 3.10. The van der Waals surface area contributed by atoms with Gasteiger partial charge in [-0.15, -0.1) is 0 Å². The molecule has 2 heterocycles. The van der Waals surface area contributed by atoms with Crippen LogP contribution in [0.4, 0.5) is 9.59 Å². The molecule has 1 unspecified atom stereocenters. The number of likely N-dealkylation sites (N-methyl/N-ethyl adjacent to an activating group) is 1. The van der Waals surface area contributed by atoms with Gasteiger partial charge in [-0.25, -0.2) is 9.59 Å². The van der Waals surface area contributed by atoms with E-state index in [4.69, 9.17) is 4.74 Å². The van der Waals surface area contributed by atoms with Gasteiger partial charge >= 0.3 is 12.1 Å². The van der Waals surface area contributed by atoms with Crippen LogP contribution in [0, 0.1) is 0 Å². The molecule has 0 aromatic carbocycles. The highest BCUT2D eigenvalue weighted by atomic mass is 32.1. The minimum atomic E-state index is -0.269. The molecule has 0 radical (unpaired) electrons. The number of hydrogen-bond donors (Lipinski definition) is 2. The van der Waals surface area contributed by atoms with Gasteiger partial charge in [0.1, 0.15) is 0 Å². The van der Waals surface area contributed by atoms with E-state index >= 15 is 0 Å². The first-order chi connectivity index (χ1) is 12.0. The van der Waals surface area contributed by atoms with E-state index in [2.05, 4.69) is 27.0 Å². The molecule has 1 fully saturated rings. The van der Waals surface area contributed by atoms with Crippen LogP contribution in [-0.4, -0.2) is 68.3 Å². The van der Waals surface area contributed by atoms with E-state index in [0.717, 1.165) is 12.8 Å². The Hall–Kier alpha value is -1.80. The van der Waals surface area contributed by atoms with Gasteiger partial charge < -0.3 is 25.2 Å². The fraction of sp³-hybridized carbons (Fsp3) is 0.647. The van der Waals surface area contributed by atoms with Crippen LogP contribution >= 0.6 is 11.3 Å². The number of nitrogens with one attached hydrogen (secondary N) is 2. The second kappa shape index (κ2) is 9.62. The lowest BCUT2D eigenvalue weighted by Gasteiger charge is -2.32. The van der Waals surface area contributed by atoms with Crippen LogP contribution in [0.1, 0.15) is 31.4 Å². The third-order valence-corrected chi connectivity index (χ3v) is 5.06. The van der Waals surface area contributed by atoms with Crippen LogP contribution < -0.4 is 10.6 Å². The Labute approximate surface area is 153 Å². The first-order valence-electron chi connectivity index (χ1n) is 8.65. The Balaban J connectivity index is 1.73. The van der Waals surface area contributed by atoms with Crippen molar-refractivity contribution in [3.05, 3.63) is 22.4 Å². The summed E-state index contributed by atoms with van der Waals surface area (Å²) in [7, 11) is 4.01. The van der Waals surface area contributed by atoms with Crippen molar-refractivity contribution in [2.75, 3.05) is 40.3 Å². The topological polar surface area (TPSA) is 73.9 Å². The molecule has 0 aliphatic carbocycles. The van der Waals surface area contributed by atoms with Crippen LogP contribution in [0.5, 0.6) is 0 Å². The Kier molecular flexibility index (Phi) is 7.52. The van der Waals surface area contributed by atoms with Crippen molar-refractivity contribution in [2.45, 2.75) is 31.8 Å². The summed E-state index contributed by atoms with van der Waals surface area (Å²) in [4.78, 5) is 27.7. The second-order valence-corrected chi connectivity index (χ2v) is 7.13. The summed E-state index contributed by atoms with van der Waals surface area (Å²) in [5.74, 6) is 0. The Morgan fingerprint density at radius 2 is 2.12 bits per heavy atom. The van der Waals surface area contributed by atoms with E-state index in [1.807, 2.05) is 19.5 Å². The van der Waals surface area contributed by atoms with E-state index in [1.165, 1.54) is 5.56 Å². The fourth-order valence-electron chi connectivity index (χ4n) is 2.91. The van der Waals surface area contributed by atoms with Crippen molar-refractivity contribution in [3.63, 3.8) is 0 Å². The van der Waals surface area contributed by atoms with Gasteiger partial charge in [-0.05, 0) is 56.3 Å². The van der Waals surface area contributed by atoms with Gasteiger partial charge in [0, 0.05) is 25.7 Å². The number of thiophene rings is 1. The molecule has 0 spiro atoms. The fourth-order valence-corrected chi connectivity index (χ4v) is 3.62. The zero-order valence-electron chi connectivity index (χ0n) is 15.2. The van der Waals surface area contributed by atoms with Crippen molar-refractivity contribution >= 4 is 23.5 Å². The van der Waals surface area contributed by atoms with Crippen LogP contribution in [0.15, 0.2) is 16.8 Å². The number of carbonyl (C=O) groups excluding carboxylic acids is 2. The summed E-state index contributed by atoms with van der Waals surface area (Å²) < 4.78 is 5.00. The molecule has 2 N–H and O–H groups in total. The van der Waals surface area contributed by atoms with Crippen LogP contribution in [-0.2, 0) is 4.74 Å². The molecule has 1 saturated heterocycles. The number of amides is 3. The number of piperidine rings is 1. The molecule has 140 valence electrons. The predicted molar refractivity (Wildman–Crippen MR) is 98.9 cm³/mol. The maximum absolute atomic E-state index is 12.2. The van der Waals surface area contributed by atoms with Gasteiger partial charge in [-0.1, -0.05) is 0 Å². The highest BCUT2D eigenvalue weighted by Crippen LogP contribution is 2.20. The van der Waals surface area contributed by atoms with Gasteiger partial charge in [0.15, 0.2) is 0 Å². The SMILES string of the molecule is CCOC(=O)N1CCC(NC(=O)NCC(c2ccsc2)N(C)C)CC1. The maximum atomic E-state index is 12.2. The minimum Gasteiger partial charge on any atom is -0.450 e. The van der Waals surface area contributed by atoms with E-state index in [9.17, 15) is 9.59 Å². The Morgan fingerprint density at radius 3 is 2.68 bits per heavy atom. The van der Waals surface area contributed by atoms with E-state index in [0.29, 0.717) is 26.2 Å². The number of rotatable bonds is 6. The quantitative estimate of drug-likeness (QED) is 0.808. The van der Waals surface area contributed by atoms with Gasteiger partial charge in [-0.3, -0.25) is 0 Å². The number of hydrogen-bond acceptors (Lipinski definition) is 5. The number of urea groups is 1. The third kappa shape index (κ3) is 5.89. The highest BCUT2D eigenvalue weighted by Gasteiger charge is 2.25. The summed E-state index contributed by atoms with van der Waals surface area (Å²) in [5, 5.41) is 10.1. The largest absolute Gasteiger partial charge is 0.450 e. The molecule has 1 aliphatic heterocycles. The van der Waals surface area contributed by atoms with Crippen molar-refractivity contribution in [1.29, 1.82) is 0 Å². The lowest BCUT2D eigenvalue weighted by Crippen LogP contribution is -2.50. The molecule has 7 nitrogen and oxygen atoms in total. The number of nitrogens with zero attached hydrogens (tertiary/aromatic N) is 2. The first kappa shape index (κ1) is 19.5. The minimum absolute atomic E-state index is 0.0876. The molecule has 3 amide bonds. The van der Waals surface area contributed by atoms with Gasteiger partial charge in [0.25, 0.3) is 0 Å². The van der Waals surface area contributed by atoms with Crippen LogP contribution in [0.25, 0.3) is 0 Å². The summed E-state index contributed by atoms with van der Waals surface area (Å²) >= 11 is 1.66. The second-order valence-electron chi connectivity index (χ2n) is 6.35. The van der Waals surface area contributed by atoms with Gasteiger partial charge in [-0.2, -0.15) is 11.3 Å². The maximum Gasteiger partial charge on any atom is 0.409 e. The molecule has 0 bridgehead atoms. The number of carbonyl (C=O) groups is 2. The predicted octanol–water partition coefficient (Wildman–Crippen LogP) is 2.27. The molecule has 1 aromatic heterocycles. The normalized spacial score (nSPS) is 16.6. The third-order valence-electron chi connectivity index (χ3n) is 4.36. The van der Waals surface area contributed by atoms with E-state index < -0.39 is 0 Å². The van der Waals surface area contributed by atoms with Gasteiger partial charge in [0.05, 0.1) is 12.6 Å². The Morgan fingerprint density at radius 1 is 1.40 bits per heavy atom. The monoisotopic (exact) mass is 368 g/mol. The molecular weight excluding hydrogens is 340 g/mol. The smallest absolute Gasteiger partial charge is 0.409 e. The zero-order valence-corrected chi connectivity index (χ0v) is 16.0. The molecule has 1 aliphatic rings. The standard InChI is InChI=1S/C17H28N4O3S/c1-4-24-17(23)21-8-5-14(6-9-21)19-16(22)18-11-15(20(2)3)13-7-10-25-12-13/h7,10,12,14-15H,4-6,8-9,11H2,1-3H3,(H2,18,19,22). The molecule has 1 atom stereocenters. The molecular formula is C17H28N4O3S. The van der Waals surface area contributed by atoms with Crippen molar-refractivity contribution in [3.8, 4) is 0 Å². The molecule has 8 heteroatoms. The molecule has 1 aromatic rings. The van der Waals surface area contributed by atoms with Crippen molar-refractivity contribution < 1.29 is 14.3 Å². The summed E-state index contributed by atoms with van der Waals surface area (Å²) in [6.45, 7) is 3.96. The number of likely N-dealkylation sites (tertiary alicyclic amines) is 1. The van der Waals surface area contributed by atoms with Crippen LogP contribution in [0.2, 0.25) is 0 Å². The van der Waals surface area contributed by atoms with Crippen molar-refractivity contribution in [1.82, 2.24) is 20.4 Å². The lowest BCUT2D eigenvalue weighted by molar-refractivity contribution is 0.0957.